The van der Waals surface area contributed by atoms with E-state index in [1.165, 1.54) is 6.21 Å². The molecule has 0 saturated heterocycles. The van der Waals surface area contributed by atoms with E-state index in [4.69, 9.17) is 11.4 Å². The van der Waals surface area contributed by atoms with E-state index in [1.807, 2.05) is 50.2 Å². The van der Waals surface area contributed by atoms with Crippen molar-refractivity contribution >= 4 is 17.9 Å². The predicted molar refractivity (Wildman–Crippen MR) is 95.6 cm³/mol. The fourth-order valence-electron chi connectivity index (χ4n) is 2.28. The molecule has 0 radical (unpaired) electrons. The van der Waals surface area contributed by atoms with Crippen LogP contribution in [0.15, 0.2) is 47.6 Å². The largest absolute Gasteiger partial charge is 0.356 e. The average molecular weight is 331 g/mol. The summed E-state index contributed by atoms with van der Waals surface area (Å²) in [6.45, 7) is 11.4. The molecule has 25 heavy (non-hydrogen) atoms. The molecule has 0 heterocycles. The number of rotatable bonds is 5. The summed E-state index contributed by atoms with van der Waals surface area (Å²) in [5.74, 6) is -0.626. The number of benzene rings is 2. The van der Waals surface area contributed by atoms with Crippen molar-refractivity contribution in [1.82, 2.24) is 0 Å². The summed E-state index contributed by atoms with van der Waals surface area (Å²) in [5, 5.41) is 13.0. The maximum Gasteiger partial charge on any atom is 0.356 e. The van der Waals surface area contributed by atoms with Gasteiger partial charge in [-0.05, 0) is 24.0 Å². The third-order valence-electron chi connectivity index (χ3n) is 3.90. The molecule has 2 rings (SSSR count). The summed E-state index contributed by atoms with van der Waals surface area (Å²) >= 11 is 0. The van der Waals surface area contributed by atoms with E-state index in [-0.39, 0.29) is 22.7 Å². The highest BCUT2D eigenvalue weighted by molar-refractivity contribution is 5.99. The Kier molecular flexibility index (Phi) is 6.03. The Morgan fingerprint density at radius 1 is 1.40 bits per heavy atom. The van der Waals surface area contributed by atoms with Gasteiger partial charge in [-0.15, -0.1) is 0 Å². The Balaban J connectivity index is 2.31. The van der Waals surface area contributed by atoms with Gasteiger partial charge in [-0.1, -0.05) is 61.0 Å². The average Bonchev–Trinajstić information content (AvgIpc) is 2.66. The SMILES string of the molecule is [C-]#[N+]c1cc(C(C)CC)cc(C#N)c1C(=O)O/N=C\c1ccccc1. The summed E-state index contributed by atoms with van der Waals surface area (Å²) in [6.07, 6.45) is 2.27. The first-order valence-corrected chi connectivity index (χ1v) is 7.86. The summed E-state index contributed by atoms with van der Waals surface area (Å²) in [5.41, 5.74) is 1.82. The lowest BCUT2D eigenvalue weighted by Gasteiger charge is -2.12. The second-order valence-corrected chi connectivity index (χ2v) is 5.52. The normalized spacial score (nSPS) is 11.5. The van der Waals surface area contributed by atoms with E-state index in [0.29, 0.717) is 0 Å². The molecule has 2 aromatic rings. The highest BCUT2D eigenvalue weighted by Crippen LogP contribution is 2.30. The minimum atomic E-state index is -0.814. The standard InChI is InChI=1S/C20H17N3O2/c1-4-14(2)16-10-17(12-21)19(18(11-16)22-3)20(24)25-23-13-15-8-6-5-7-9-15/h5-11,13-14H,4H2,1-2H3/b23-13-. The highest BCUT2D eigenvalue weighted by Gasteiger charge is 2.21. The van der Waals surface area contributed by atoms with Gasteiger partial charge in [0.1, 0.15) is 0 Å². The molecule has 5 heteroatoms. The molecule has 0 saturated carbocycles. The van der Waals surface area contributed by atoms with E-state index in [2.05, 4.69) is 10.0 Å². The van der Waals surface area contributed by atoms with Crippen LogP contribution in [0.25, 0.3) is 4.85 Å². The molecule has 1 atom stereocenters. The number of nitriles is 1. The van der Waals surface area contributed by atoms with Crippen molar-refractivity contribution in [2.45, 2.75) is 26.2 Å². The maximum atomic E-state index is 12.3. The molecular formula is C20H17N3O2. The van der Waals surface area contributed by atoms with Crippen LogP contribution >= 0.6 is 0 Å². The van der Waals surface area contributed by atoms with Gasteiger partial charge in [0, 0.05) is 0 Å². The van der Waals surface area contributed by atoms with Crippen molar-refractivity contribution in [1.29, 1.82) is 5.26 Å². The Labute approximate surface area is 147 Å². The fourth-order valence-corrected chi connectivity index (χ4v) is 2.28. The molecule has 0 amide bonds. The van der Waals surface area contributed by atoms with Crippen molar-refractivity contribution in [3.05, 3.63) is 76.1 Å². The van der Waals surface area contributed by atoms with Crippen molar-refractivity contribution in [3.63, 3.8) is 0 Å². The molecule has 1 unspecified atom stereocenters. The molecule has 0 aromatic heterocycles. The van der Waals surface area contributed by atoms with Crippen LogP contribution in [0.4, 0.5) is 5.69 Å². The third kappa shape index (κ3) is 4.31. The van der Waals surface area contributed by atoms with Crippen LogP contribution in [0.2, 0.25) is 0 Å². The summed E-state index contributed by atoms with van der Waals surface area (Å²) in [6, 6.07) is 14.4. The first-order valence-electron chi connectivity index (χ1n) is 7.86. The monoisotopic (exact) mass is 331 g/mol. The lowest BCUT2D eigenvalue weighted by molar-refractivity contribution is 0.0520. The van der Waals surface area contributed by atoms with Crippen molar-refractivity contribution < 1.29 is 9.63 Å². The minimum Gasteiger partial charge on any atom is -0.314 e. The fraction of sp³-hybridized carbons (Fsp3) is 0.200. The molecule has 0 N–H and O–H groups in total. The van der Waals surface area contributed by atoms with Crippen LogP contribution in [-0.4, -0.2) is 12.2 Å². The highest BCUT2D eigenvalue weighted by atomic mass is 16.7. The zero-order chi connectivity index (χ0) is 18.2. The summed E-state index contributed by atoms with van der Waals surface area (Å²) in [4.78, 5) is 20.6. The quantitative estimate of drug-likeness (QED) is 0.341. The number of carbonyl (C=O) groups excluding carboxylic acids is 1. The molecule has 0 aliphatic heterocycles. The van der Waals surface area contributed by atoms with Gasteiger partial charge >= 0.3 is 5.97 Å². The van der Waals surface area contributed by atoms with Gasteiger partial charge < -0.3 is 4.84 Å². The van der Waals surface area contributed by atoms with Crippen molar-refractivity contribution in [2.75, 3.05) is 0 Å². The van der Waals surface area contributed by atoms with Gasteiger partial charge in [0.2, 0.25) is 5.69 Å². The van der Waals surface area contributed by atoms with Crippen molar-refractivity contribution in [3.8, 4) is 6.07 Å². The smallest absolute Gasteiger partial charge is 0.314 e. The molecule has 0 spiro atoms. The molecule has 0 aliphatic rings. The van der Waals surface area contributed by atoms with Crippen molar-refractivity contribution in [2.24, 2.45) is 5.16 Å². The first-order chi connectivity index (χ1) is 12.1. The van der Waals surface area contributed by atoms with Crippen LogP contribution < -0.4 is 0 Å². The molecule has 124 valence electrons. The molecular weight excluding hydrogens is 314 g/mol. The molecule has 0 bridgehead atoms. The summed E-state index contributed by atoms with van der Waals surface area (Å²) in [7, 11) is 0. The lowest BCUT2D eigenvalue weighted by Crippen LogP contribution is -2.06. The molecule has 0 aliphatic carbocycles. The van der Waals surface area contributed by atoms with Gasteiger partial charge in [0.15, 0.2) is 0 Å². The minimum absolute atomic E-state index is 0.0465. The Hall–Kier alpha value is -3.44. The zero-order valence-corrected chi connectivity index (χ0v) is 14.1. The van der Waals surface area contributed by atoms with Gasteiger partial charge in [-0.25, -0.2) is 9.64 Å². The number of hydrogen-bond donors (Lipinski definition) is 0. The summed E-state index contributed by atoms with van der Waals surface area (Å²) < 4.78 is 0. The van der Waals surface area contributed by atoms with Gasteiger partial charge in [0.05, 0.1) is 30.0 Å². The second-order valence-electron chi connectivity index (χ2n) is 5.52. The van der Waals surface area contributed by atoms with E-state index >= 15 is 0 Å². The Morgan fingerprint density at radius 3 is 2.72 bits per heavy atom. The molecule has 5 nitrogen and oxygen atoms in total. The topological polar surface area (TPSA) is 66.8 Å². The number of nitrogens with zero attached hydrogens (tertiary/aromatic N) is 3. The van der Waals surface area contributed by atoms with Crippen LogP contribution in [0, 0.1) is 17.9 Å². The van der Waals surface area contributed by atoms with Crippen LogP contribution in [0.1, 0.15) is 53.2 Å². The second kappa shape index (κ2) is 8.42. The molecule has 2 aromatic carbocycles. The van der Waals surface area contributed by atoms with E-state index in [0.717, 1.165) is 17.5 Å². The van der Waals surface area contributed by atoms with Crippen LogP contribution in [-0.2, 0) is 4.84 Å². The first kappa shape index (κ1) is 17.9. The number of oxime groups is 1. The third-order valence-corrected chi connectivity index (χ3v) is 3.90. The predicted octanol–water partition coefficient (Wildman–Crippen LogP) is 4.81. The van der Waals surface area contributed by atoms with Crippen LogP contribution in [0.3, 0.4) is 0 Å². The molecule has 0 fully saturated rings. The Bertz CT molecular complexity index is 839. The van der Waals surface area contributed by atoms with Crippen LogP contribution in [0.5, 0.6) is 0 Å². The van der Waals surface area contributed by atoms with E-state index < -0.39 is 5.97 Å². The Morgan fingerprint density at radius 2 is 2.12 bits per heavy atom. The number of carbonyl (C=O) groups is 1. The zero-order valence-electron chi connectivity index (χ0n) is 14.1. The van der Waals surface area contributed by atoms with E-state index in [9.17, 15) is 10.1 Å². The van der Waals surface area contributed by atoms with Gasteiger partial charge in [-0.2, -0.15) is 5.26 Å². The number of hydrogen-bond acceptors (Lipinski definition) is 4. The van der Waals surface area contributed by atoms with Gasteiger partial charge in [0.25, 0.3) is 0 Å². The maximum absolute atomic E-state index is 12.3. The van der Waals surface area contributed by atoms with Gasteiger partial charge in [-0.3, -0.25) is 0 Å². The lowest BCUT2D eigenvalue weighted by atomic mass is 9.93. The van der Waals surface area contributed by atoms with E-state index in [1.54, 1.807) is 12.1 Å².